The van der Waals surface area contributed by atoms with Crippen molar-refractivity contribution in [1.82, 2.24) is 20.2 Å². The van der Waals surface area contributed by atoms with Gasteiger partial charge in [-0.25, -0.2) is 9.97 Å². The minimum atomic E-state index is -0.922. The van der Waals surface area contributed by atoms with Crippen LogP contribution in [0.25, 0.3) is 0 Å². The summed E-state index contributed by atoms with van der Waals surface area (Å²) in [4.78, 5) is 35.2. The van der Waals surface area contributed by atoms with Gasteiger partial charge in [-0.3, -0.25) is 9.59 Å². The number of carbonyl (C=O) groups excluding carboxylic acids is 1. The quantitative estimate of drug-likeness (QED) is 0.734. The molecule has 1 fully saturated rings. The predicted octanol–water partition coefficient (Wildman–Crippen LogP) is 1.70. The molecule has 0 radical (unpaired) electrons. The Morgan fingerprint density at radius 1 is 1.17 bits per heavy atom. The smallest absolute Gasteiger partial charge is 0.323 e. The number of aromatic nitrogens is 2. The summed E-state index contributed by atoms with van der Waals surface area (Å²) >= 11 is 0. The summed E-state index contributed by atoms with van der Waals surface area (Å²) in [6, 6.07) is 8.05. The van der Waals surface area contributed by atoms with Crippen LogP contribution in [0.5, 0.6) is 0 Å². The highest BCUT2D eigenvalue weighted by Crippen LogP contribution is 2.15. The summed E-state index contributed by atoms with van der Waals surface area (Å²) in [6.45, 7) is 3.98. The lowest BCUT2D eigenvalue weighted by molar-refractivity contribution is -0.135. The Labute approximate surface area is 170 Å². The van der Waals surface area contributed by atoms with E-state index in [1.807, 2.05) is 36.1 Å². The lowest BCUT2D eigenvalue weighted by Crippen LogP contribution is -2.44. The molecule has 2 aromatic rings. The third kappa shape index (κ3) is 5.74. The van der Waals surface area contributed by atoms with Gasteiger partial charge in [0.25, 0.3) is 5.91 Å². The number of hydrogen-bond donors (Lipinski definition) is 2. The van der Waals surface area contributed by atoms with Crippen molar-refractivity contribution in [3.05, 3.63) is 53.3 Å². The van der Waals surface area contributed by atoms with Crippen LogP contribution in [0.4, 0.5) is 5.95 Å². The molecule has 1 aliphatic heterocycles. The van der Waals surface area contributed by atoms with E-state index in [1.165, 1.54) is 4.90 Å². The van der Waals surface area contributed by atoms with Crippen molar-refractivity contribution in [2.45, 2.75) is 32.4 Å². The number of anilines is 1. The lowest BCUT2D eigenvalue weighted by atomic mass is 10.0. The highest BCUT2D eigenvalue weighted by atomic mass is 16.4. The number of rotatable bonds is 7. The third-order valence-electron chi connectivity index (χ3n) is 5.08. The molecule has 1 aliphatic rings. The van der Waals surface area contributed by atoms with Crippen molar-refractivity contribution in [2.75, 3.05) is 31.6 Å². The van der Waals surface area contributed by atoms with Gasteiger partial charge in [0.1, 0.15) is 6.54 Å². The van der Waals surface area contributed by atoms with Gasteiger partial charge in [-0.2, -0.15) is 0 Å². The average molecular weight is 397 g/mol. The molecule has 8 nitrogen and oxygen atoms in total. The zero-order chi connectivity index (χ0) is 20.8. The molecule has 0 spiro atoms. The van der Waals surface area contributed by atoms with Gasteiger partial charge in [-0.1, -0.05) is 17.7 Å². The van der Waals surface area contributed by atoms with Gasteiger partial charge in [-0.15, -0.1) is 0 Å². The van der Waals surface area contributed by atoms with E-state index in [0.29, 0.717) is 18.5 Å². The molecular weight excluding hydrogens is 370 g/mol. The molecule has 0 unspecified atom stereocenters. The van der Waals surface area contributed by atoms with Crippen LogP contribution in [0.15, 0.2) is 36.7 Å². The molecule has 1 aromatic carbocycles. The van der Waals surface area contributed by atoms with Gasteiger partial charge in [0.15, 0.2) is 0 Å². The van der Waals surface area contributed by atoms with Gasteiger partial charge in [0.2, 0.25) is 5.95 Å². The SMILES string of the molecule is Cc1ccc(C(=O)N2CCC(NCc3cnc(N(C)CC(=O)O)nc3)CC2)cc1. The maximum Gasteiger partial charge on any atom is 0.323 e. The number of nitrogens with zero attached hydrogens (tertiary/aromatic N) is 4. The fourth-order valence-corrected chi connectivity index (χ4v) is 3.34. The number of likely N-dealkylation sites (N-methyl/N-ethyl adjacent to an activating group) is 1. The van der Waals surface area contributed by atoms with E-state index in [0.717, 1.165) is 42.6 Å². The van der Waals surface area contributed by atoms with Gasteiger partial charge >= 0.3 is 5.97 Å². The first-order valence-electron chi connectivity index (χ1n) is 9.75. The number of likely N-dealkylation sites (tertiary alicyclic amines) is 1. The van der Waals surface area contributed by atoms with Crippen molar-refractivity contribution >= 4 is 17.8 Å². The van der Waals surface area contributed by atoms with Crippen LogP contribution in [0.1, 0.15) is 34.3 Å². The second kappa shape index (κ2) is 9.47. The van der Waals surface area contributed by atoms with Crippen LogP contribution in [0.3, 0.4) is 0 Å². The molecule has 8 heteroatoms. The summed E-state index contributed by atoms with van der Waals surface area (Å²) in [5, 5.41) is 12.3. The number of aliphatic carboxylic acids is 1. The molecule has 2 heterocycles. The number of piperidine rings is 1. The van der Waals surface area contributed by atoms with E-state index in [4.69, 9.17) is 5.11 Å². The maximum absolute atomic E-state index is 12.6. The molecular formula is C21H27N5O3. The molecule has 3 rings (SSSR count). The van der Waals surface area contributed by atoms with Gasteiger partial charge < -0.3 is 20.2 Å². The summed E-state index contributed by atoms with van der Waals surface area (Å²) in [5.74, 6) is -0.439. The molecule has 0 aliphatic carbocycles. The highest BCUT2D eigenvalue weighted by molar-refractivity contribution is 5.94. The van der Waals surface area contributed by atoms with E-state index in [9.17, 15) is 9.59 Å². The Bertz CT molecular complexity index is 830. The average Bonchev–Trinajstić information content (AvgIpc) is 2.72. The second-order valence-electron chi connectivity index (χ2n) is 7.45. The summed E-state index contributed by atoms with van der Waals surface area (Å²) < 4.78 is 0. The number of nitrogens with one attached hydrogen (secondary N) is 1. The van der Waals surface area contributed by atoms with Crippen molar-refractivity contribution in [1.29, 1.82) is 0 Å². The van der Waals surface area contributed by atoms with Crippen LogP contribution >= 0.6 is 0 Å². The Morgan fingerprint density at radius 3 is 2.38 bits per heavy atom. The molecule has 2 N–H and O–H groups in total. The van der Waals surface area contributed by atoms with Gasteiger partial charge in [-0.05, 0) is 31.9 Å². The van der Waals surface area contributed by atoms with Crippen molar-refractivity contribution < 1.29 is 14.7 Å². The Kier molecular flexibility index (Phi) is 6.77. The fraction of sp³-hybridized carbons (Fsp3) is 0.429. The Balaban J connectivity index is 1.44. The van der Waals surface area contributed by atoms with Crippen LogP contribution < -0.4 is 10.2 Å². The largest absolute Gasteiger partial charge is 0.480 e. The highest BCUT2D eigenvalue weighted by Gasteiger charge is 2.23. The van der Waals surface area contributed by atoms with Crippen LogP contribution in [0, 0.1) is 6.92 Å². The predicted molar refractivity (Wildman–Crippen MR) is 110 cm³/mol. The van der Waals surface area contributed by atoms with E-state index in [2.05, 4.69) is 15.3 Å². The zero-order valence-corrected chi connectivity index (χ0v) is 16.8. The van der Waals surface area contributed by atoms with E-state index in [1.54, 1.807) is 19.4 Å². The number of carbonyl (C=O) groups is 2. The normalized spacial score (nSPS) is 14.6. The molecule has 154 valence electrons. The maximum atomic E-state index is 12.6. The topological polar surface area (TPSA) is 98.7 Å². The number of aryl methyl sites for hydroxylation is 1. The first-order valence-corrected chi connectivity index (χ1v) is 9.75. The molecule has 0 atom stereocenters. The second-order valence-corrected chi connectivity index (χ2v) is 7.45. The van der Waals surface area contributed by atoms with E-state index >= 15 is 0 Å². The minimum Gasteiger partial charge on any atom is -0.480 e. The van der Waals surface area contributed by atoms with Crippen molar-refractivity contribution in [3.8, 4) is 0 Å². The summed E-state index contributed by atoms with van der Waals surface area (Å²) in [6.07, 6.45) is 5.23. The van der Waals surface area contributed by atoms with Gasteiger partial charge in [0.05, 0.1) is 0 Å². The standard InChI is InChI=1S/C21H27N5O3/c1-15-3-5-17(6-4-15)20(29)26-9-7-18(8-10-26)22-11-16-12-23-21(24-13-16)25(2)14-19(27)28/h3-6,12-13,18,22H,7-11,14H2,1-2H3,(H,27,28). The molecule has 1 amide bonds. The van der Waals surface area contributed by atoms with Crippen molar-refractivity contribution in [2.24, 2.45) is 0 Å². The minimum absolute atomic E-state index is 0.0953. The Hall–Kier alpha value is -3.00. The molecule has 1 aromatic heterocycles. The van der Waals surface area contributed by atoms with Crippen LogP contribution in [-0.4, -0.2) is 64.6 Å². The van der Waals surface area contributed by atoms with Crippen LogP contribution in [-0.2, 0) is 11.3 Å². The number of hydrogen-bond acceptors (Lipinski definition) is 6. The number of amides is 1. The number of benzene rings is 1. The van der Waals surface area contributed by atoms with Crippen LogP contribution in [0.2, 0.25) is 0 Å². The van der Waals surface area contributed by atoms with E-state index in [-0.39, 0.29) is 12.5 Å². The van der Waals surface area contributed by atoms with Crippen molar-refractivity contribution in [3.63, 3.8) is 0 Å². The molecule has 29 heavy (non-hydrogen) atoms. The molecule has 0 saturated carbocycles. The monoisotopic (exact) mass is 397 g/mol. The fourth-order valence-electron chi connectivity index (χ4n) is 3.34. The number of carboxylic acids is 1. The third-order valence-corrected chi connectivity index (χ3v) is 5.08. The lowest BCUT2D eigenvalue weighted by Gasteiger charge is -2.32. The van der Waals surface area contributed by atoms with E-state index < -0.39 is 5.97 Å². The number of carboxylic acid groups (broad SMARTS) is 1. The molecule has 1 saturated heterocycles. The summed E-state index contributed by atoms with van der Waals surface area (Å²) in [5.41, 5.74) is 2.83. The first-order chi connectivity index (χ1) is 13.9. The Morgan fingerprint density at radius 2 is 1.79 bits per heavy atom. The van der Waals surface area contributed by atoms with Gasteiger partial charge in [0, 0.05) is 56.2 Å². The first kappa shape index (κ1) is 20.7. The summed E-state index contributed by atoms with van der Waals surface area (Å²) in [7, 11) is 1.65. The molecule has 0 bridgehead atoms. The zero-order valence-electron chi connectivity index (χ0n) is 16.8.